The normalized spacial score (nSPS) is 14.6. The Morgan fingerprint density at radius 2 is 2.14 bits per heavy atom. The molecule has 0 aliphatic heterocycles. The third kappa shape index (κ3) is 2.63. The van der Waals surface area contributed by atoms with Gasteiger partial charge in [0.25, 0.3) is 5.56 Å². The first kappa shape index (κ1) is 17.1. The predicted octanol–water partition coefficient (Wildman–Crippen LogP) is 4.08. The second-order valence-corrected chi connectivity index (χ2v) is 7.66. The largest absolute Gasteiger partial charge is 0.493 e. The molecule has 0 spiro atoms. The average Bonchev–Trinajstić information content (AvgIpc) is 3.28. The lowest BCUT2D eigenvalue weighted by Gasteiger charge is -2.25. The van der Waals surface area contributed by atoms with Crippen LogP contribution in [0.4, 0.5) is 0 Å². The molecule has 0 bridgehead atoms. The molecule has 0 radical (unpaired) electrons. The summed E-state index contributed by atoms with van der Waals surface area (Å²) in [5, 5.41) is 0.898. The minimum absolute atomic E-state index is 0.0328. The average molecular weight is 376 g/mol. The van der Waals surface area contributed by atoms with Crippen LogP contribution >= 0.6 is 0 Å². The highest BCUT2D eigenvalue weighted by Gasteiger charge is 2.19. The summed E-state index contributed by atoms with van der Waals surface area (Å²) < 4.78 is 9.84. The van der Waals surface area contributed by atoms with Gasteiger partial charge in [0.1, 0.15) is 17.1 Å². The Bertz CT molecular complexity index is 1230. The van der Waals surface area contributed by atoms with Crippen molar-refractivity contribution in [3.63, 3.8) is 0 Å². The number of rotatable bonds is 5. The van der Waals surface area contributed by atoms with E-state index in [4.69, 9.17) is 9.72 Å². The van der Waals surface area contributed by atoms with E-state index in [9.17, 15) is 4.79 Å². The van der Waals surface area contributed by atoms with Gasteiger partial charge in [-0.15, -0.1) is 0 Å². The zero-order valence-electron chi connectivity index (χ0n) is 16.2. The van der Waals surface area contributed by atoms with Crippen molar-refractivity contribution in [2.24, 2.45) is 13.0 Å². The van der Waals surface area contributed by atoms with Gasteiger partial charge in [0.05, 0.1) is 17.6 Å². The number of hydrogen-bond donors (Lipinski definition) is 1. The first-order valence-corrected chi connectivity index (χ1v) is 9.96. The highest BCUT2D eigenvalue weighted by Crippen LogP contribution is 2.32. The summed E-state index contributed by atoms with van der Waals surface area (Å²) in [7, 11) is 1.78. The first-order chi connectivity index (χ1) is 13.7. The summed E-state index contributed by atoms with van der Waals surface area (Å²) in [4.78, 5) is 20.4. The maximum absolute atomic E-state index is 12.4. The Labute approximate surface area is 162 Å². The summed E-state index contributed by atoms with van der Waals surface area (Å²) in [6.45, 7) is 3.69. The molecule has 3 heterocycles. The van der Waals surface area contributed by atoms with Crippen molar-refractivity contribution in [1.29, 1.82) is 0 Å². The second-order valence-electron chi connectivity index (χ2n) is 7.66. The van der Waals surface area contributed by atoms with Crippen LogP contribution < -0.4 is 10.3 Å². The van der Waals surface area contributed by atoms with Gasteiger partial charge >= 0.3 is 0 Å². The van der Waals surface area contributed by atoms with Crippen LogP contribution in [0.1, 0.15) is 26.2 Å². The van der Waals surface area contributed by atoms with E-state index in [0.717, 1.165) is 46.7 Å². The smallest absolute Gasteiger partial charge is 0.274 e. The molecule has 144 valence electrons. The van der Waals surface area contributed by atoms with Gasteiger partial charge in [-0.1, -0.05) is 6.42 Å². The summed E-state index contributed by atoms with van der Waals surface area (Å²) >= 11 is 0. The molecule has 28 heavy (non-hydrogen) atoms. The zero-order chi connectivity index (χ0) is 19.3. The maximum Gasteiger partial charge on any atom is 0.274 e. The molecular weight excluding hydrogens is 352 g/mol. The van der Waals surface area contributed by atoms with Gasteiger partial charge in [-0.3, -0.25) is 4.79 Å². The molecule has 1 aromatic carbocycles. The van der Waals surface area contributed by atoms with Crippen LogP contribution in [0.2, 0.25) is 0 Å². The van der Waals surface area contributed by atoms with E-state index < -0.39 is 0 Å². The Kier molecular flexibility index (Phi) is 4.00. The molecule has 1 aliphatic carbocycles. The molecule has 0 atom stereocenters. The van der Waals surface area contributed by atoms with Crippen molar-refractivity contribution < 1.29 is 4.74 Å². The standard InChI is InChI=1S/C22H24N4O2/c1-3-26-19-11-15(28-13-14-5-4-6-14)7-8-18(19)24-21(26)17-12-25(2)22(27)20-16(17)9-10-23-20/h7-12,14,23H,3-6,13H2,1-2H3. The zero-order valence-corrected chi connectivity index (χ0v) is 16.2. The molecule has 1 N–H and O–H groups in total. The number of hydrogen-bond acceptors (Lipinski definition) is 3. The SMILES string of the molecule is CCn1c(-c2cn(C)c(=O)c3[nH]ccc23)nc2ccc(OCC3CCC3)cc21. The molecule has 0 amide bonds. The number of benzene rings is 1. The van der Waals surface area contributed by atoms with Crippen LogP contribution in [-0.2, 0) is 13.6 Å². The van der Waals surface area contributed by atoms with Crippen molar-refractivity contribution in [2.75, 3.05) is 6.61 Å². The number of aryl methyl sites for hydroxylation is 2. The van der Waals surface area contributed by atoms with Gasteiger partial charge < -0.3 is 18.9 Å². The predicted molar refractivity (Wildman–Crippen MR) is 111 cm³/mol. The number of pyridine rings is 1. The summed E-state index contributed by atoms with van der Waals surface area (Å²) in [5.41, 5.74) is 3.52. The second kappa shape index (κ2) is 6.55. The summed E-state index contributed by atoms with van der Waals surface area (Å²) in [6, 6.07) is 8.06. The van der Waals surface area contributed by atoms with Crippen LogP contribution in [-0.4, -0.2) is 25.7 Å². The van der Waals surface area contributed by atoms with Crippen molar-refractivity contribution in [2.45, 2.75) is 32.7 Å². The quantitative estimate of drug-likeness (QED) is 0.571. The summed E-state index contributed by atoms with van der Waals surface area (Å²) in [6.07, 6.45) is 7.56. The molecule has 0 saturated heterocycles. The third-order valence-electron chi connectivity index (χ3n) is 5.88. The van der Waals surface area contributed by atoms with Gasteiger partial charge in [0, 0.05) is 43.0 Å². The number of ether oxygens (including phenoxy) is 1. The number of nitrogens with zero attached hydrogens (tertiary/aromatic N) is 3. The fraction of sp³-hybridized carbons (Fsp3) is 0.364. The van der Waals surface area contributed by atoms with Crippen molar-refractivity contribution in [3.8, 4) is 17.1 Å². The van der Waals surface area contributed by atoms with Crippen LogP contribution in [0, 0.1) is 5.92 Å². The van der Waals surface area contributed by atoms with Crippen LogP contribution in [0.5, 0.6) is 5.75 Å². The fourth-order valence-corrected chi connectivity index (χ4v) is 4.04. The lowest BCUT2D eigenvalue weighted by Crippen LogP contribution is -2.19. The Morgan fingerprint density at radius 1 is 1.29 bits per heavy atom. The monoisotopic (exact) mass is 376 g/mol. The molecule has 4 aromatic rings. The highest BCUT2D eigenvalue weighted by atomic mass is 16.5. The van der Waals surface area contributed by atoms with Crippen LogP contribution in [0.15, 0.2) is 41.5 Å². The van der Waals surface area contributed by atoms with E-state index in [2.05, 4.69) is 22.5 Å². The Hall–Kier alpha value is -3.02. The molecular formula is C22H24N4O2. The molecule has 6 heteroatoms. The van der Waals surface area contributed by atoms with Gasteiger partial charge in [0.2, 0.25) is 0 Å². The number of fused-ring (bicyclic) bond motifs is 2. The van der Waals surface area contributed by atoms with E-state index in [1.807, 2.05) is 24.4 Å². The minimum atomic E-state index is -0.0328. The molecule has 3 aromatic heterocycles. The molecule has 1 saturated carbocycles. The molecule has 5 rings (SSSR count). The minimum Gasteiger partial charge on any atom is -0.493 e. The fourth-order valence-electron chi connectivity index (χ4n) is 4.04. The lowest BCUT2D eigenvalue weighted by atomic mass is 9.86. The number of imidazole rings is 1. The molecule has 0 unspecified atom stereocenters. The van der Waals surface area contributed by atoms with Crippen molar-refractivity contribution >= 4 is 21.9 Å². The van der Waals surface area contributed by atoms with Crippen LogP contribution in [0.3, 0.4) is 0 Å². The van der Waals surface area contributed by atoms with Gasteiger partial charge in [-0.25, -0.2) is 4.98 Å². The van der Waals surface area contributed by atoms with Gasteiger partial charge in [-0.05, 0) is 43.9 Å². The maximum atomic E-state index is 12.4. The van der Waals surface area contributed by atoms with E-state index >= 15 is 0 Å². The van der Waals surface area contributed by atoms with Crippen molar-refractivity contribution in [3.05, 3.63) is 47.0 Å². The van der Waals surface area contributed by atoms with Gasteiger partial charge in [-0.2, -0.15) is 0 Å². The first-order valence-electron chi connectivity index (χ1n) is 9.96. The molecule has 1 fully saturated rings. The number of aromatic nitrogens is 4. The van der Waals surface area contributed by atoms with E-state index in [-0.39, 0.29) is 5.56 Å². The van der Waals surface area contributed by atoms with E-state index in [1.165, 1.54) is 19.3 Å². The third-order valence-corrected chi connectivity index (χ3v) is 5.88. The Morgan fingerprint density at radius 3 is 2.89 bits per heavy atom. The Balaban J connectivity index is 1.63. The topological polar surface area (TPSA) is 64.8 Å². The molecule has 6 nitrogen and oxygen atoms in total. The molecule has 1 aliphatic rings. The summed E-state index contributed by atoms with van der Waals surface area (Å²) in [5.74, 6) is 2.47. The van der Waals surface area contributed by atoms with E-state index in [0.29, 0.717) is 11.4 Å². The van der Waals surface area contributed by atoms with Gasteiger partial charge in [0.15, 0.2) is 0 Å². The lowest BCUT2D eigenvalue weighted by molar-refractivity contribution is 0.181. The van der Waals surface area contributed by atoms with Crippen molar-refractivity contribution in [1.82, 2.24) is 19.1 Å². The highest BCUT2D eigenvalue weighted by molar-refractivity contribution is 5.94. The number of H-pyrrole nitrogens is 1. The number of aromatic amines is 1. The van der Waals surface area contributed by atoms with Crippen LogP contribution in [0.25, 0.3) is 33.3 Å². The van der Waals surface area contributed by atoms with E-state index in [1.54, 1.807) is 17.8 Å². The number of nitrogens with one attached hydrogen (secondary N) is 1.